The molecule has 19 heavy (non-hydrogen) atoms. The summed E-state index contributed by atoms with van der Waals surface area (Å²) in [5.41, 5.74) is 0.275. The second-order valence-electron chi connectivity index (χ2n) is 3.98. The van der Waals surface area contributed by atoms with Crippen LogP contribution >= 0.6 is 0 Å². The number of carbonyl (C=O) groups excluding carboxylic acids is 1. The molecular formula is C13H16FNO4. The zero-order chi connectivity index (χ0) is 14.3. The third-order valence-corrected chi connectivity index (χ3v) is 2.50. The standard InChI is InChI=1S/C13H16FNO4/c1-19-10-5-4-9(11(14)8-10)7-12(16)15-6-2-3-13(17)18/h4-5,8H,2-3,6-7H2,1H3,(H,15,16)(H,17,18). The Bertz CT molecular complexity index is 462. The van der Waals surface area contributed by atoms with Gasteiger partial charge in [0.25, 0.3) is 0 Å². The fourth-order valence-corrected chi connectivity index (χ4v) is 1.50. The Hall–Kier alpha value is -2.11. The van der Waals surface area contributed by atoms with Crippen LogP contribution in [-0.4, -0.2) is 30.6 Å². The second kappa shape index (κ2) is 7.35. The van der Waals surface area contributed by atoms with Gasteiger partial charge in [-0.15, -0.1) is 0 Å². The van der Waals surface area contributed by atoms with Gasteiger partial charge in [-0.2, -0.15) is 0 Å². The third kappa shape index (κ3) is 5.37. The first-order valence-electron chi connectivity index (χ1n) is 5.84. The lowest BCUT2D eigenvalue weighted by Crippen LogP contribution is -2.26. The number of ether oxygens (including phenoxy) is 1. The number of hydrogen-bond donors (Lipinski definition) is 2. The van der Waals surface area contributed by atoms with Crippen molar-refractivity contribution in [3.8, 4) is 5.75 Å². The number of carbonyl (C=O) groups is 2. The Kier molecular flexibility index (Phi) is 5.78. The smallest absolute Gasteiger partial charge is 0.303 e. The molecule has 0 aromatic heterocycles. The van der Waals surface area contributed by atoms with Crippen LogP contribution in [0, 0.1) is 5.82 Å². The molecule has 1 rings (SSSR count). The normalized spacial score (nSPS) is 10.0. The first-order chi connectivity index (χ1) is 9.02. The van der Waals surface area contributed by atoms with Gasteiger partial charge in [-0.3, -0.25) is 9.59 Å². The summed E-state index contributed by atoms with van der Waals surface area (Å²) >= 11 is 0. The van der Waals surface area contributed by atoms with Crippen molar-refractivity contribution in [1.82, 2.24) is 5.32 Å². The van der Waals surface area contributed by atoms with Gasteiger partial charge < -0.3 is 15.2 Å². The van der Waals surface area contributed by atoms with Gasteiger partial charge in [-0.1, -0.05) is 6.07 Å². The summed E-state index contributed by atoms with van der Waals surface area (Å²) in [6.07, 6.45) is 0.270. The number of hydrogen-bond acceptors (Lipinski definition) is 3. The first kappa shape index (κ1) is 14.9. The van der Waals surface area contributed by atoms with Gasteiger partial charge in [0.05, 0.1) is 13.5 Å². The molecule has 0 fully saturated rings. The van der Waals surface area contributed by atoms with E-state index in [0.29, 0.717) is 12.2 Å². The quantitative estimate of drug-likeness (QED) is 0.733. The number of carboxylic acids is 1. The minimum absolute atomic E-state index is 0.00280. The summed E-state index contributed by atoms with van der Waals surface area (Å²) in [5.74, 6) is -1.35. The number of amides is 1. The van der Waals surface area contributed by atoms with Crippen LogP contribution in [0.4, 0.5) is 4.39 Å². The molecule has 104 valence electrons. The molecule has 1 aromatic rings. The maximum absolute atomic E-state index is 13.6. The van der Waals surface area contributed by atoms with E-state index in [1.54, 1.807) is 6.07 Å². The highest BCUT2D eigenvalue weighted by Gasteiger charge is 2.09. The molecule has 5 nitrogen and oxygen atoms in total. The molecule has 0 aliphatic heterocycles. The van der Waals surface area contributed by atoms with Crippen molar-refractivity contribution in [3.63, 3.8) is 0 Å². The van der Waals surface area contributed by atoms with Gasteiger partial charge >= 0.3 is 5.97 Å². The van der Waals surface area contributed by atoms with E-state index in [-0.39, 0.29) is 30.9 Å². The first-order valence-corrected chi connectivity index (χ1v) is 5.84. The van der Waals surface area contributed by atoms with E-state index in [2.05, 4.69) is 5.32 Å². The van der Waals surface area contributed by atoms with Crippen molar-refractivity contribution in [2.45, 2.75) is 19.3 Å². The molecule has 0 bridgehead atoms. The highest BCUT2D eigenvalue weighted by molar-refractivity contribution is 5.78. The number of nitrogens with one attached hydrogen (secondary N) is 1. The van der Waals surface area contributed by atoms with Crippen molar-refractivity contribution in [2.24, 2.45) is 0 Å². The van der Waals surface area contributed by atoms with Crippen LogP contribution in [0.5, 0.6) is 5.75 Å². The molecule has 0 saturated carbocycles. The maximum Gasteiger partial charge on any atom is 0.303 e. The average molecular weight is 269 g/mol. The highest BCUT2D eigenvalue weighted by Crippen LogP contribution is 2.16. The number of benzene rings is 1. The molecule has 0 spiro atoms. The highest BCUT2D eigenvalue weighted by atomic mass is 19.1. The van der Waals surface area contributed by atoms with E-state index >= 15 is 0 Å². The van der Waals surface area contributed by atoms with E-state index in [1.165, 1.54) is 19.2 Å². The van der Waals surface area contributed by atoms with Crippen LogP contribution in [0.25, 0.3) is 0 Å². The number of carboxylic acid groups (broad SMARTS) is 1. The van der Waals surface area contributed by atoms with Gasteiger partial charge in [0.2, 0.25) is 5.91 Å². The SMILES string of the molecule is COc1ccc(CC(=O)NCCCC(=O)O)c(F)c1. The van der Waals surface area contributed by atoms with Gasteiger partial charge in [-0.25, -0.2) is 4.39 Å². The number of aliphatic carboxylic acids is 1. The lowest BCUT2D eigenvalue weighted by molar-refractivity contribution is -0.137. The van der Waals surface area contributed by atoms with Crippen molar-refractivity contribution in [2.75, 3.05) is 13.7 Å². The van der Waals surface area contributed by atoms with Crippen LogP contribution in [0.1, 0.15) is 18.4 Å². The summed E-state index contributed by atoms with van der Waals surface area (Å²) in [6, 6.07) is 4.29. The van der Waals surface area contributed by atoms with Crippen LogP contribution in [-0.2, 0) is 16.0 Å². The fraction of sp³-hybridized carbons (Fsp3) is 0.385. The van der Waals surface area contributed by atoms with Crippen molar-refractivity contribution in [3.05, 3.63) is 29.6 Å². The van der Waals surface area contributed by atoms with E-state index in [9.17, 15) is 14.0 Å². The van der Waals surface area contributed by atoms with Gasteiger partial charge in [-0.05, 0) is 18.1 Å². The number of halogens is 1. The Labute approximate surface area is 110 Å². The van der Waals surface area contributed by atoms with Crippen molar-refractivity contribution >= 4 is 11.9 Å². The minimum Gasteiger partial charge on any atom is -0.497 e. The Morgan fingerprint density at radius 1 is 1.42 bits per heavy atom. The summed E-state index contributed by atoms with van der Waals surface area (Å²) in [4.78, 5) is 21.8. The van der Waals surface area contributed by atoms with E-state index in [1.807, 2.05) is 0 Å². The van der Waals surface area contributed by atoms with E-state index in [0.717, 1.165) is 0 Å². The van der Waals surface area contributed by atoms with Crippen LogP contribution in [0.2, 0.25) is 0 Å². The molecule has 1 aromatic carbocycles. The lowest BCUT2D eigenvalue weighted by Gasteiger charge is -2.06. The summed E-state index contributed by atoms with van der Waals surface area (Å²) < 4.78 is 18.4. The lowest BCUT2D eigenvalue weighted by atomic mass is 10.1. The third-order valence-electron chi connectivity index (χ3n) is 2.50. The molecule has 1 amide bonds. The Morgan fingerprint density at radius 2 is 2.16 bits per heavy atom. The summed E-state index contributed by atoms with van der Waals surface area (Å²) in [5, 5.41) is 11.0. The zero-order valence-corrected chi connectivity index (χ0v) is 10.6. The van der Waals surface area contributed by atoms with Crippen molar-refractivity contribution < 1.29 is 23.8 Å². The Balaban J connectivity index is 2.42. The molecule has 0 unspecified atom stereocenters. The maximum atomic E-state index is 13.6. The molecule has 0 atom stereocenters. The average Bonchev–Trinajstić information content (AvgIpc) is 2.37. The van der Waals surface area contributed by atoms with E-state index < -0.39 is 11.8 Å². The molecule has 0 aliphatic rings. The molecule has 0 radical (unpaired) electrons. The largest absolute Gasteiger partial charge is 0.497 e. The fourth-order valence-electron chi connectivity index (χ4n) is 1.50. The molecule has 0 saturated heterocycles. The second-order valence-corrected chi connectivity index (χ2v) is 3.98. The topological polar surface area (TPSA) is 75.6 Å². The van der Waals surface area contributed by atoms with Crippen molar-refractivity contribution in [1.29, 1.82) is 0 Å². The molecule has 0 aliphatic carbocycles. The number of methoxy groups -OCH3 is 1. The number of rotatable bonds is 7. The van der Waals surface area contributed by atoms with Crippen LogP contribution in [0.15, 0.2) is 18.2 Å². The van der Waals surface area contributed by atoms with Crippen LogP contribution in [0.3, 0.4) is 0 Å². The minimum atomic E-state index is -0.907. The van der Waals surface area contributed by atoms with E-state index in [4.69, 9.17) is 9.84 Å². The van der Waals surface area contributed by atoms with Gasteiger partial charge in [0, 0.05) is 19.0 Å². The molecule has 0 heterocycles. The molecule has 6 heteroatoms. The predicted molar refractivity (Wildman–Crippen MR) is 66.5 cm³/mol. The molecule has 2 N–H and O–H groups in total. The summed E-state index contributed by atoms with van der Waals surface area (Å²) in [6.45, 7) is 0.267. The van der Waals surface area contributed by atoms with Gasteiger partial charge in [0.15, 0.2) is 0 Å². The van der Waals surface area contributed by atoms with Crippen LogP contribution < -0.4 is 10.1 Å². The zero-order valence-electron chi connectivity index (χ0n) is 10.6. The van der Waals surface area contributed by atoms with Gasteiger partial charge in [0.1, 0.15) is 11.6 Å². The predicted octanol–water partition coefficient (Wildman–Crippen LogP) is 1.36. The Morgan fingerprint density at radius 3 is 2.74 bits per heavy atom. The monoisotopic (exact) mass is 269 g/mol. The summed E-state index contributed by atoms with van der Waals surface area (Å²) in [7, 11) is 1.43. The molecular weight excluding hydrogens is 253 g/mol.